The fraction of sp³-hybridized carbons (Fsp3) is 0.333. The monoisotopic (exact) mass is 176 g/mol. The number of nitrogens with two attached hydrogens (primary N) is 1. The van der Waals surface area contributed by atoms with E-state index in [0.29, 0.717) is 5.95 Å². The number of aromatic nitrogens is 3. The quantitative estimate of drug-likeness (QED) is 0.655. The zero-order chi connectivity index (χ0) is 9.59. The van der Waals surface area contributed by atoms with Crippen LogP contribution < -0.4 is 5.73 Å². The number of hydrogen-bond donors (Lipinski definition) is 1. The molecule has 0 amide bonds. The lowest BCUT2D eigenvalue weighted by Crippen LogP contribution is -1.97. The fourth-order valence-corrected chi connectivity index (χ4v) is 1.35. The second-order valence-corrected chi connectivity index (χ2v) is 3.27. The van der Waals surface area contributed by atoms with E-state index in [9.17, 15) is 0 Å². The van der Waals surface area contributed by atoms with Gasteiger partial charge in [0.25, 0.3) is 0 Å². The number of nitrogens with zero attached hydrogens (tertiary/aromatic N) is 3. The lowest BCUT2D eigenvalue weighted by Gasteiger charge is -1.99. The highest BCUT2D eigenvalue weighted by atomic mass is 15.2. The van der Waals surface area contributed by atoms with Crippen molar-refractivity contribution < 1.29 is 0 Å². The van der Waals surface area contributed by atoms with Crippen molar-refractivity contribution in [2.45, 2.75) is 13.8 Å². The van der Waals surface area contributed by atoms with Crippen LogP contribution in [0, 0.1) is 13.8 Å². The molecule has 0 bridgehead atoms. The highest BCUT2D eigenvalue weighted by Crippen LogP contribution is 2.19. The van der Waals surface area contributed by atoms with Crippen LogP contribution in [0.2, 0.25) is 0 Å². The maximum atomic E-state index is 5.68. The summed E-state index contributed by atoms with van der Waals surface area (Å²) in [4.78, 5) is 8.53. The van der Waals surface area contributed by atoms with Gasteiger partial charge >= 0.3 is 0 Å². The van der Waals surface area contributed by atoms with E-state index in [0.717, 1.165) is 22.3 Å². The minimum absolute atomic E-state index is 0.510. The molecule has 4 nitrogen and oxygen atoms in total. The van der Waals surface area contributed by atoms with Crippen LogP contribution in [0.5, 0.6) is 0 Å². The molecule has 0 radical (unpaired) electrons. The highest BCUT2D eigenvalue weighted by Gasteiger charge is 2.09. The summed E-state index contributed by atoms with van der Waals surface area (Å²) in [6.07, 6.45) is 1.85. The molecule has 0 fully saturated rings. The smallest absolute Gasteiger partial charge is 0.202 e. The average molecular weight is 176 g/mol. The van der Waals surface area contributed by atoms with Crippen LogP contribution in [0.4, 0.5) is 5.95 Å². The van der Waals surface area contributed by atoms with Crippen molar-refractivity contribution in [3.63, 3.8) is 0 Å². The molecule has 13 heavy (non-hydrogen) atoms. The number of rotatable bonds is 0. The van der Waals surface area contributed by atoms with Crippen molar-refractivity contribution in [1.29, 1.82) is 0 Å². The third-order valence-corrected chi connectivity index (χ3v) is 2.43. The number of anilines is 1. The van der Waals surface area contributed by atoms with E-state index < -0.39 is 0 Å². The third-order valence-electron chi connectivity index (χ3n) is 2.43. The minimum Gasteiger partial charge on any atom is -0.369 e. The number of nitrogen functional groups attached to an aromatic ring is 1. The molecule has 0 aliphatic carbocycles. The van der Waals surface area contributed by atoms with Crippen molar-refractivity contribution in [1.82, 2.24) is 14.5 Å². The summed E-state index contributed by atoms with van der Waals surface area (Å²) in [5.41, 5.74) is 9.73. The Hall–Kier alpha value is -1.58. The Morgan fingerprint density at radius 2 is 2.08 bits per heavy atom. The van der Waals surface area contributed by atoms with E-state index in [1.807, 2.05) is 27.1 Å². The molecule has 0 saturated carbocycles. The maximum absolute atomic E-state index is 5.68. The summed E-state index contributed by atoms with van der Waals surface area (Å²) < 4.78 is 1.79. The summed E-state index contributed by atoms with van der Waals surface area (Å²) in [5, 5.41) is 0. The van der Waals surface area contributed by atoms with Gasteiger partial charge in [-0.15, -0.1) is 0 Å². The first-order valence-electron chi connectivity index (χ1n) is 4.15. The summed E-state index contributed by atoms with van der Waals surface area (Å²) in [6.45, 7) is 4.05. The van der Waals surface area contributed by atoms with E-state index in [1.54, 1.807) is 4.57 Å². The van der Waals surface area contributed by atoms with Gasteiger partial charge in [0.1, 0.15) is 5.52 Å². The molecule has 0 aromatic carbocycles. The largest absolute Gasteiger partial charge is 0.369 e. The van der Waals surface area contributed by atoms with Crippen LogP contribution in [0.15, 0.2) is 6.20 Å². The summed E-state index contributed by atoms with van der Waals surface area (Å²) in [6, 6.07) is 0. The van der Waals surface area contributed by atoms with Gasteiger partial charge in [-0.05, 0) is 25.0 Å². The molecule has 68 valence electrons. The Kier molecular flexibility index (Phi) is 1.52. The predicted molar refractivity (Wildman–Crippen MR) is 52.4 cm³/mol. The Morgan fingerprint density at radius 3 is 2.77 bits per heavy atom. The first kappa shape index (κ1) is 8.04. The topological polar surface area (TPSA) is 56.7 Å². The van der Waals surface area contributed by atoms with Crippen LogP contribution in [-0.4, -0.2) is 14.5 Å². The molecule has 0 unspecified atom stereocenters. The summed E-state index contributed by atoms with van der Waals surface area (Å²) >= 11 is 0. The van der Waals surface area contributed by atoms with Crippen LogP contribution in [0.25, 0.3) is 11.2 Å². The van der Waals surface area contributed by atoms with Crippen molar-refractivity contribution in [3.05, 3.63) is 17.3 Å². The van der Waals surface area contributed by atoms with Gasteiger partial charge < -0.3 is 5.73 Å². The highest BCUT2D eigenvalue weighted by molar-refractivity contribution is 5.78. The van der Waals surface area contributed by atoms with Crippen molar-refractivity contribution in [3.8, 4) is 0 Å². The molecule has 0 aliphatic rings. The standard InChI is InChI=1S/C9H12N4/c1-5-4-11-8-7(6(5)2)12-9(10)13(8)3/h4H,1-3H3,(H2,10,12). The number of pyridine rings is 1. The molecule has 4 heteroatoms. The number of imidazole rings is 1. The molecule has 0 atom stereocenters. The van der Waals surface area contributed by atoms with Crippen LogP contribution >= 0.6 is 0 Å². The van der Waals surface area contributed by atoms with Gasteiger partial charge in [-0.25, -0.2) is 9.97 Å². The molecular formula is C9H12N4. The predicted octanol–water partition coefficient (Wildman–Crippen LogP) is 1.17. The van der Waals surface area contributed by atoms with E-state index >= 15 is 0 Å². The first-order valence-corrected chi connectivity index (χ1v) is 4.15. The van der Waals surface area contributed by atoms with E-state index in [-0.39, 0.29) is 0 Å². The Morgan fingerprint density at radius 1 is 1.38 bits per heavy atom. The van der Waals surface area contributed by atoms with Crippen LogP contribution in [0.3, 0.4) is 0 Å². The van der Waals surface area contributed by atoms with Crippen molar-refractivity contribution in [2.75, 3.05) is 5.73 Å². The fourth-order valence-electron chi connectivity index (χ4n) is 1.35. The van der Waals surface area contributed by atoms with Crippen molar-refractivity contribution in [2.24, 2.45) is 7.05 Å². The average Bonchev–Trinajstić information content (AvgIpc) is 2.38. The van der Waals surface area contributed by atoms with E-state index in [2.05, 4.69) is 9.97 Å². The molecular weight excluding hydrogens is 164 g/mol. The van der Waals surface area contributed by atoms with Crippen LogP contribution in [-0.2, 0) is 7.05 Å². The second-order valence-electron chi connectivity index (χ2n) is 3.27. The zero-order valence-corrected chi connectivity index (χ0v) is 8.00. The second kappa shape index (κ2) is 2.45. The van der Waals surface area contributed by atoms with Gasteiger partial charge in [-0.3, -0.25) is 4.57 Å². The number of hydrogen-bond acceptors (Lipinski definition) is 3. The van der Waals surface area contributed by atoms with Crippen LogP contribution in [0.1, 0.15) is 11.1 Å². The van der Waals surface area contributed by atoms with E-state index in [1.165, 1.54) is 0 Å². The molecule has 0 spiro atoms. The minimum atomic E-state index is 0.510. The molecule has 2 N–H and O–H groups in total. The van der Waals surface area contributed by atoms with E-state index in [4.69, 9.17) is 5.73 Å². The van der Waals surface area contributed by atoms with Gasteiger partial charge in [-0.2, -0.15) is 0 Å². The molecule has 2 aromatic rings. The maximum Gasteiger partial charge on any atom is 0.202 e. The lowest BCUT2D eigenvalue weighted by atomic mass is 10.2. The zero-order valence-electron chi connectivity index (χ0n) is 8.00. The van der Waals surface area contributed by atoms with Gasteiger partial charge in [0.05, 0.1) is 0 Å². The molecule has 2 aromatic heterocycles. The summed E-state index contributed by atoms with van der Waals surface area (Å²) in [5.74, 6) is 0.510. The third kappa shape index (κ3) is 0.983. The molecule has 2 heterocycles. The SMILES string of the molecule is Cc1cnc2c(nc(N)n2C)c1C. The first-order chi connectivity index (χ1) is 6.11. The number of aryl methyl sites for hydroxylation is 3. The molecule has 2 rings (SSSR count). The molecule has 0 saturated heterocycles. The Balaban J connectivity index is 2.94. The Labute approximate surface area is 76.4 Å². The number of fused-ring (bicyclic) bond motifs is 1. The van der Waals surface area contributed by atoms with Gasteiger partial charge in [-0.1, -0.05) is 0 Å². The van der Waals surface area contributed by atoms with Gasteiger partial charge in [0.2, 0.25) is 5.95 Å². The molecule has 0 aliphatic heterocycles. The van der Waals surface area contributed by atoms with Gasteiger partial charge in [0, 0.05) is 13.2 Å². The van der Waals surface area contributed by atoms with Gasteiger partial charge in [0.15, 0.2) is 5.65 Å². The Bertz CT molecular complexity index is 470. The lowest BCUT2D eigenvalue weighted by molar-refractivity contribution is 0.946. The normalized spacial score (nSPS) is 11.0. The van der Waals surface area contributed by atoms with Crippen molar-refractivity contribution >= 4 is 17.1 Å². The summed E-state index contributed by atoms with van der Waals surface area (Å²) in [7, 11) is 1.87.